The summed E-state index contributed by atoms with van der Waals surface area (Å²) in [6, 6.07) is 5.51. The summed E-state index contributed by atoms with van der Waals surface area (Å²) < 4.78 is 13.6. The lowest BCUT2D eigenvalue weighted by Gasteiger charge is -2.21. The average Bonchev–Trinajstić information content (AvgIpc) is 2.75. The van der Waals surface area contributed by atoms with E-state index in [1.807, 2.05) is 6.92 Å². The molecule has 0 bridgehead atoms. The van der Waals surface area contributed by atoms with Gasteiger partial charge in [0.25, 0.3) is 0 Å². The fourth-order valence-electron chi connectivity index (χ4n) is 3.26. The molecule has 106 valence electrons. The van der Waals surface area contributed by atoms with Crippen LogP contribution in [-0.2, 0) is 0 Å². The highest BCUT2D eigenvalue weighted by molar-refractivity contribution is 5.28. The van der Waals surface area contributed by atoms with Crippen LogP contribution in [0.4, 0.5) is 4.39 Å². The molecule has 1 N–H and O–H groups in total. The molecule has 2 unspecified atom stereocenters. The molecule has 2 atom stereocenters. The normalized spacial score (nSPS) is 23.2. The largest absolute Gasteiger partial charge is 0.316 e. The van der Waals surface area contributed by atoms with Gasteiger partial charge in [-0.05, 0) is 73.9 Å². The van der Waals surface area contributed by atoms with Gasteiger partial charge in [-0.25, -0.2) is 4.39 Å². The molecule has 1 fully saturated rings. The van der Waals surface area contributed by atoms with Crippen LogP contribution in [0, 0.1) is 24.6 Å². The summed E-state index contributed by atoms with van der Waals surface area (Å²) in [5.41, 5.74) is 2.24. The molecule has 2 heteroatoms. The SMILES string of the molecule is Cc1cc(F)cc(C2CCCC2CNCC(C)C)c1. The zero-order valence-corrected chi connectivity index (χ0v) is 12.4. The molecule has 1 aliphatic carbocycles. The quantitative estimate of drug-likeness (QED) is 0.837. The molecule has 1 aliphatic rings. The Morgan fingerprint density at radius 2 is 2.05 bits per heavy atom. The Kier molecular flexibility index (Phi) is 4.98. The number of halogens is 1. The number of aryl methyl sites for hydroxylation is 1. The Hall–Kier alpha value is -0.890. The predicted molar refractivity (Wildman–Crippen MR) is 78.9 cm³/mol. The molecule has 0 aliphatic heterocycles. The fraction of sp³-hybridized carbons (Fsp3) is 0.647. The van der Waals surface area contributed by atoms with Gasteiger partial charge in [-0.15, -0.1) is 0 Å². The van der Waals surface area contributed by atoms with Gasteiger partial charge >= 0.3 is 0 Å². The fourth-order valence-corrected chi connectivity index (χ4v) is 3.26. The highest BCUT2D eigenvalue weighted by Gasteiger charge is 2.28. The standard InChI is InChI=1S/C17H26FN/c1-12(2)10-19-11-14-5-4-6-17(14)15-7-13(3)8-16(18)9-15/h7-9,12,14,17,19H,4-6,10-11H2,1-3H3. The highest BCUT2D eigenvalue weighted by Crippen LogP contribution is 2.39. The van der Waals surface area contributed by atoms with Gasteiger partial charge < -0.3 is 5.32 Å². The van der Waals surface area contributed by atoms with Gasteiger partial charge in [0.1, 0.15) is 5.82 Å². The molecule has 1 aromatic carbocycles. The van der Waals surface area contributed by atoms with E-state index in [0.29, 0.717) is 17.8 Å². The van der Waals surface area contributed by atoms with E-state index in [-0.39, 0.29) is 5.82 Å². The van der Waals surface area contributed by atoms with Crippen LogP contribution in [-0.4, -0.2) is 13.1 Å². The van der Waals surface area contributed by atoms with E-state index in [1.165, 1.54) is 24.8 Å². The van der Waals surface area contributed by atoms with Gasteiger partial charge in [-0.1, -0.05) is 26.3 Å². The van der Waals surface area contributed by atoms with Crippen molar-refractivity contribution >= 4 is 0 Å². The van der Waals surface area contributed by atoms with Crippen LogP contribution in [0.15, 0.2) is 18.2 Å². The smallest absolute Gasteiger partial charge is 0.123 e. The molecule has 0 saturated heterocycles. The van der Waals surface area contributed by atoms with Crippen molar-refractivity contribution in [2.45, 2.75) is 46.0 Å². The molecule has 1 aromatic rings. The van der Waals surface area contributed by atoms with E-state index in [9.17, 15) is 4.39 Å². The van der Waals surface area contributed by atoms with Gasteiger partial charge in [-0.2, -0.15) is 0 Å². The first kappa shape index (κ1) is 14.5. The Morgan fingerprint density at radius 1 is 1.26 bits per heavy atom. The van der Waals surface area contributed by atoms with Gasteiger partial charge in [0, 0.05) is 0 Å². The molecule has 1 nitrogen and oxygen atoms in total. The summed E-state index contributed by atoms with van der Waals surface area (Å²) in [6.07, 6.45) is 3.75. The zero-order chi connectivity index (χ0) is 13.8. The van der Waals surface area contributed by atoms with Gasteiger partial charge in [0.05, 0.1) is 0 Å². The van der Waals surface area contributed by atoms with Crippen LogP contribution >= 0.6 is 0 Å². The molecule has 19 heavy (non-hydrogen) atoms. The Morgan fingerprint density at radius 3 is 2.74 bits per heavy atom. The van der Waals surface area contributed by atoms with E-state index in [0.717, 1.165) is 18.7 Å². The van der Waals surface area contributed by atoms with Gasteiger partial charge in [0.2, 0.25) is 0 Å². The maximum Gasteiger partial charge on any atom is 0.123 e. The molecule has 0 heterocycles. The predicted octanol–water partition coefficient (Wildman–Crippen LogP) is 4.26. The minimum atomic E-state index is -0.0872. The lowest BCUT2D eigenvalue weighted by Crippen LogP contribution is -2.27. The van der Waals surface area contributed by atoms with E-state index in [2.05, 4.69) is 25.2 Å². The maximum absolute atomic E-state index is 13.6. The first-order valence-corrected chi connectivity index (χ1v) is 7.54. The number of nitrogens with one attached hydrogen (secondary N) is 1. The summed E-state index contributed by atoms with van der Waals surface area (Å²) in [7, 11) is 0. The zero-order valence-electron chi connectivity index (χ0n) is 12.4. The van der Waals surface area contributed by atoms with Crippen molar-refractivity contribution in [3.05, 3.63) is 35.1 Å². The first-order chi connectivity index (χ1) is 9.06. The number of hydrogen-bond donors (Lipinski definition) is 1. The molecule has 0 aromatic heterocycles. The third kappa shape index (κ3) is 4.04. The molecular formula is C17H26FN. The van der Waals surface area contributed by atoms with Crippen molar-refractivity contribution in [3.8, 4) is 0 Å². The van der Waals surface area contributed by atoms with E-state index in [4.69, 9.17) is 0 Å². The van der Waals surface area contributed by atoms with Gasteiger partial charge in [-0.3, -0.25) is 0 Å². The van der Waals surface area contributed by atoms with Crippen molar-refractivity contribution < 1.29 is 4.39 Å². The van der Waals surface area contributed by atoms with E-state index in [1.54, 1.807) is 12.1 Å². The minimum absolute atomic E-state index is 0.0872. The average molecular weight is 263 g/mol. The first-order valence-electron chi connectivity index (χ1n) is 7.54. The lowest BCUT2D eigenvalue weighted by atomic mass is 9.88. The molecule has 0 amide bonds. The van der Waals surface area contributed by atoms with Crippen LogP contribution < -0.4 is 5.32 Å². The molecule has 1 saturated carbocycles. The number of rotatable bonds is 5. The molecule has 0 spiro atoms. The highest BCUT2D eigenvalue weighted by atomic mass is 19.1. The van der Waals surface area contributed by atoms with Crippen molar-refractivity contribution in [1.29, 1.82) is 0 Å². The summed E-state index contributed by atoms with van der Waals surface area (Å²) in [4.78, 5) is 0. The van der Waals surface area contributed by atoms with Crippen LogP contribution in [0.5, 0.6) is 0 Å². The number of benzene rings is 1. The van der Waals surface area contributed by atoms with Crippen LogP contribution in [0.25, 0.3) is 0 Å². The van der Waals surface area contributed by atoms with Crippen molar-refractivity contribution in [2.75, 3.05) is 13.1 Å². The second-order valence-corrected chi connectivity index (χ2v) is 6.41. The summed E-state index contributed by atoms with van der Waals surface area (Å²) in [5.74, 6) is 1.81. The Balaban J connectivity index is 2.01. The molecule has 0 radical (unpaired) electrons. The Labute approximate surface area is 116 Å². The van der Waals surface area contributed by atoms with E-state index >= 15 is 0 Å². The number of hydrogen-bond acceptors (Lipinski definition) is 1. The maximum atomic E-state index is 13.6. The topological polar surface area (TPSA) is 12.0 Å². The monoisotopic (exact) mass is 263 g/mol. The third-order valence-electron chi connectivity index (χ3n) is 4.11. The summed E-state index contributed by atoms with van der Waals surface area (Å²) >= 11 is 0. The molecular weight excluding hydrogens is 237 g/mol. The van der Waals surface area contributed by atoms with Crippen molar-refractivity contribution in [1.82, 2.24) is 5.32 Å². The second kappa shape index (κ2) is 6.51. The summed E-state index contributed by atoms with van der Waals surface area (Å²) in [6.45, 7) is 8.58. The van der Waals surface area contributed by atoms with Crippen LogP contribution in [0.2, 0.25) is 0 Å². The Bertz CT molecular complexity index is 393. The minimum Gasteiger partial charge on any atom is -0.316 e. The molecule has 2 rings (SSSR count). The summed E-state index contributed by atoms with van der Waals surface area (Å²) in [5, 5.41) is 3.56. The van der Waals surface area contributed by atoms with Gasteiger partial charge in [0.15, 0.2) is 0 Å². The second-order valence-electron chi connectivity index (χ2n) is 6.41. The van der Waals surface area contributed by atoms with Crippen LogP contribution in [0.3, 0.4) is 0 Å². The third-order valence-corrected chi connectivity index (χ3v) is 4.11. The van der Waals surface area contributed by atoms with E-state index < -0.39 is 0 Å². The van der Waals surface area contributed by atoms with Crippen molar-refractivity contribution in [2.24, 2.45) is 11.8 Å². The lowest BCUT2D eigenvalue weighted by molar-refractivity contribution is 0.424. The van der Waals surface area contributed by atoms with Crippen molar-refractivity contribution in [3.63, 3.8) is 0 Å². The van der Waals surface area contributed by atoms with Crippen LogP contribution in [0.1, 0.15) is 50.2 Å².